The Morgan fingerprint density at radius 1 is 0.885 bits per heavy atom. The monoisotopic (exact) mass is 418 g/mol. The van der Waals surface area contributed by atoms with Gasteiger partial charge in [0.25, 0.3) is 0 Å². The average molecular weight is 419 g/mol. The molecule has 0 bridgehead atoms. The third-order valence-corrected chi connectivity index (χ3v) is 4.50. The smallest absolute Gasteiger partial charge is 0.119 e. The maximum absolute atomic E-state index is 5.91. The van der Waals surface area contributed by atoms with E-state index in [0.717, 1.165) is 28.2 Å². The molecule has 0 N–H and O–H groups in total. The SMILES string of the molecule is CC.CCCCC(CC)COc1ccc(N=Nc2ccc(Br)cc2)cc1. The van der Waals surface area contributed by atoms with Crippen LogP contribution in [0.5, 0.6) is 5.75 Å². The summed E-state index contributed by atoms with van der Waals surface area (Å²) in [4.78, 5) is 0. The lowest BCUT2D eigenvalue weighted by atomic mass is 10.0. The molecule has 2 aromatic rings. The van der Waals surface area contributed by atoms with E-state index in [1.807, 2.05) is 62.4 Å². The molecule has 0 aliphatic heterocycles. The molecule has 3 nitrogen and oxygen atoms in total. The van der Waals surface area contributed by atoms with Crippen molar-refractivity contribution >= 4 is 27.3 Å². The Hall–Kier alpha value is -1.68. The minimum atomic E-state index is 0.640. The summed E-state index contributed by atoms with van der Waals surface area (Å²) in [5.41, 5.74) is 1.66. The molecule has 26 heavy (non-hydrogen) atoms. The molecule has 0 saturated heterocycles. The first-order valence-electron chi connectivity index (χ1n) is 9.61. The van der Waals surface area contributed by atoms with Gasteiger partial charge in [0.15, 0.2) is 0 Å². The molecular weight excluding hydrogens is 388 g/mol. The number of unbranched alkanes of at least 4 members (excludes halogenated alkanes) is 1. The van der Waals surface area contributed by atoms with Gasteiger partial charge in [-0.05, 0) is 60.9 Å². The zero-order valence-corrected chi connectivity index (χ0v) is 18.0. The fourth-order valence-corrected chi connectivity index (χ4v) is 2.61. The van der Waals surface area contributed by atoms with Gasteiger partial charge in [0.2, 0.25) is 0 Å². The van der Waals surface area contributed by atoms with E-state index in [1.54, 1.807) is 0 Å². The summed E-state index contributed by atoms with van der Waals surface area (Å²) in [7, 11) is 0. The lowest BCUT2D eigenvalue weighted by molar-refractivity contribution is 0.233. The fourth-order valence-electron chi connectivity index (χ4n) is 2.34. The van der Waals surface area contributed by atoms with Crippen LogP contribution in [0.15, 0.2) is 63.2 Å². The maximum Gasteiger partial charge on any atom is 0.119 e. The maximum atomic E-state index is 5.91. The van der Waals surface area contributed by atoms with E-state index in [4.69, 9.17) is 4.74 Å². The molecule has 4 heteroatoms. The van der Waals surface area contributed by atoms with E-state index in [-0.39, 0.29) is 0 Å². The Morgan fingerprint density at radius 2 is 1.42 bits per heavy atom. The Morgan fingerprint density at radius 3 is 1.92 bits per heavy atom. The van der Waals surface area contributed by atoms with Crippen LogP contribution < -0.4 is 4.74 Å². The fraction of sp³-hybridized carbons (Fsp3) is 0.455. The Labute approximate surface area is 167 Å². The number of hydrogen-bond acceptors (Lipinski definition) is 3. The van der Waals surface area contributed by atoms with E-state index in [0.29, 0.717) is 5.92 Å². The van der Waals surface area contributed by atoms with Gasteiger partial charge >= 0.3 is 0 Å². The zero-order valence-electron chi connectivity index (χ0n) is 16.4. The topological polar surface area (TPSA) is 34.0 Å². The van der Waals surface area contributed by atoms with Crippen molar-refractivity contribution in [1.29, 1.82) is 0 Å². The van der Waals surface area contributed by atoms with Crippen molar-refractivity contribution in [3.8, 4) is 5.75 Å². The quantitative estimate of drug-likeness (QED) is 0.375. The molecular formula is C22H31BrN2O. The number of halogens is 1. The van der Waals surface area contributed by atoms with Gasteiger partial charge < -0.3 is 4.74 Å². The number of hydrogen-bond donors (Lipinski definition) is 0. The van der Waals surface area contributed by atoms with Crippen molar-refractivity contribution in [2.75, 3.05) is 6.61 Å². The highest BCUT2D eigenvalue weighted by Crippen LogP contribution is 2.23. The third kappa shape index (κ3) is 8.61. The second-order valence-electron chi connectivity index (χ2n) is 5.90. The molecule has 0 spiro atoms. The second-order valence-corrected chi connectivity index (χ2v) is 6.81. The van der Waals surface area contributed by atoms with Crippen LogP contribution in [0.4, 0.5) is 11.4 Å². The van der Waals surface area contributed by atoms with Gasteiger partial charge in [-0.15, -0.1) is 0 Å². The summed E-state index contributed by atoms with van der Waals surface area (Å²) in [6.07, 6.45) is 4.93. The van der Waals surface area contributed by atoms with E-state index in [1.165, 1.54) is 25.7 Å². The molecule has 0 aliphatic rings. The van der Waals surface area contributed by atoms with Gasteiger partial charge in [-0.1, -0.05) is 62.9 Å². The van der Waals surface area contributed by atoms with E-state index >= 15 is 0 Å². The van der Waals surface area contributed by atoms with Gasteiger partial charge in [-0.25, -0.2) is 0 Å². The van der Waals surface area contributed by atoms with Crippen molar-refractivity contribution in [3.63, 3.8) is 0 Å². The highest BCUT2D eigenvalue weighted by Gasteiger charge is 2.06. The molecule has 0 aliphatic carbocycles. The van der Waals surface area contributed by atoms with E-state index in [2.05, 4.69) is 40.0 Å². The number of azo groups is 1. The first kappa shape index (κ1) is 22.4. The number of ether oxygens (including phenoxy) is 1. The summed E-state index contributed by atoms with van der Waals surface area (Å²) in [5.74, 6) is 1.54. The predicted molar refractivity (Wildman–Crippen MR) is 115 cm³/mol. The Kier molecular flexibility index (Phi) is 11.6. The van der Waals surface area contributed by atoms with Crippen LogP contribution >= 0.6 is 15.9 Å². The molecule has 0 heterocycles. The van der Waals surface area contributed by atoms with Crippen molar-refractivity contribution in [3.05, 3.63) is 53.0 Å². The number of rotatable bonds is 9. The lowest BCUT2D eigenvalue weighted by Crippen LogP contribution is -2.11. The van der Waals surface area contributed by atoms with Crippen molar-refractivity contribution in [2.45, 2.75) is 53.4 Å². The van der Waals surface area contributed by atoms with Gasteiger partial charge in [-0.3, -0.25) is 0 Å². The first-order valence-corrected chi connectivity index (χ1v) is 10.4. The van der Waals surface area contributed by atoms with Crippen LogP contribution in [0.25, 0.3) is 0 Å². The minimum absolute atomic E-state index is 0.640. The lowest BCUT2D eigenvalue weighted by Gasteiger charge is -2.15. The molecule has 0 aromatic heterocycles. The largest absolute Gasteiger partial charge is 0.493 e. The molecule has 0 radical (unpaired) electrons. The molecule has 0 saturated carbocycles. The number of benzene rings is 2. The molecule has 1 atom stereocenters. The van der Waals surface area contributed by atoms with Crippen LogP contribution in [0.3, 0.4) is 0 Å². The summed E-state index contributed by atoms with van der Waals surface area (Å²) < 4.78 is 6.94. The highest BCUT2D eigenvalue weighted by atomic mass is 79.9. The molecule has 2 aromatic carbocycles. The molecule has 142 valence electrons. The predicted octanol–water partition coefficient (Wildman–Crippen LogP) is 8.49. The van der Waals surface area contributed by atoms with Crippen LogP contribution in [0.1, 0.15) is 53.4 Å². The second kappa shape index (κ2) is 13.5. The average Bonchev–Trinajstić information content (AvgIpc) is 2.70. The van der Waals surface area contributed by atoms with Gasteiger partial charge in [0.1, 0.15) is 5.75 Å². The normalized spacial score (nSPS) is 11.7. The minimum Gasteiger partial charge on any atom is -0.493 e. The van der Waals surface area contributed by atoms with Crippen LogP contribution in [-0.2, 0) is 0 Å². The molecule has 0 amide bonds. The van der Waals surface area contributed by atoms with Crippen molar-refractivity contribution < 1.29 is 4.74 Å². The van der Waals surface area contributed by atoms with Crippen LogP contribution in [0.2, 0.25) is 0 Å². The Balaban J connectivity index is 0.00000163. The van der Waals surface area contributed by atoms with Gasteiger partial charge in [-0.2, -0.15) is 10.2 Å². The van der Waals surface area contributed by atoms with E-state index in [9.17, 15) is 0 Å². The van der Waals surface area contributed by atoms with Crippen LogP contribution in [-0.4, -0.2) is 6.61 Å². The van der Waals surface area contributed by atoms with Crippen molar-refractivity contribution in [1.82, 2.24) is 0 Å². The zero-order chi connectivity index (χ0) is 19.2. The summed E-state index contributed by atoms with van der Waals surface area (Å²) in [5, 5.41) is 8.49. The molecule has 0 fully saturated rings. The highest BCUT2D eigenvalue weighted by molar-refractivity contribution is 9.10. The van der Waals surface area contributed by atoms with Crippen LogP contribution in [0, 0.1) is 5.92 Å². The first-order chi connectivity index (χ1) is 12.7. The molecule has 1 unspecified atom stereocenters. The standard InChI is InChI=1S/C20H25BrN2O.C2H6/c1-3-5-6-16(4-2)15-24-20-13-11-19(12-14-20)23-22-18-9-7-17(21)8-10-18;1-2/h7-14,16H,3-6,15H2,1-2H3;1-2H3. The summed E-state index contributed by atoms with van der Waals surface area (Å²) in [6.45, 7) is 9.25. The van der Waals surface area contributed by atoms with Gasteiger partial charge in [0, 0.05) is 4.47 Å². The Bertz CT molecular complexity index is 624. The van der Waals surface area contributed by atoms with Gasteiger partial charge in [0.05, 0.1) is 18.0 Å². The van der Waals surface area contributed by atoms with Crippen molar-refractivity contribution in [2.24, 2.45) is 16.1 Å². The third-order valence-electron chi connectivity index (χ3n) is 3.97. The molecule has 2 rings (SSSR count). The summed E-state index contributed by atoms with van der Waals surface area (Å²) >= 11 is 3.41. The van der Waals surface area contributed by atoms with E-state index < -0.39 is 0 Å². The summed E-state index contributed by atoms with van der Waals surface area (Å²) in [6, 6.07) is 15.5. The number of nitrogens with zero attached hydrogens (tertiary/aromatic N) is 2.